The minimum atomic E-state index is 0. The highest BCUT2D eigenvalue weighted by Gasteiger charge is 2.31. The molecule has 1 aromatic heterocycles. The SMILES string of the molecule is CCn1c2ccccc2c2cc([C@H](C3CCOCC3)N3CCNCC3)ccc21.Cl.Cl. The van der Waals surface area contributed by atoms with Crippen LogP contribution in [0, 0.1) is 5.92 Å². The molecule has 0 spiro atoms. The predicted octanol–water partition coefficient (Wildman–Crippen LogP) is 5.03. The van der Waals surface area contributed by atoms with Crippen LogP contribution in [0.25, 0.3) is 21.8 Å². The second-order valence-corrected chi connectivity index (χ2v) is 8.22. The summed E-state index contributed by atoms with van der Waals surface area (Å²) in [4.78, 5) is 2.71. The Morgan fingerprint density at radius 2 is 1.67 bits per heavy atom. The second kappa shape index (κ2) is 10.3. The summed E-state index contributed by atoms with van der Waals surface area (Å²) in [6, 6.07) is 16.6. The van der Waals surface area contributed by atoms with Gasteiger partial charge in [0, 0.05) is 73.8 Å². The van der Waals surface area contributed by atoms with E-state index in [1.165, 1.54) is 40.2 Å². The summed E-state index contributed by atoms with van der Waals surface area (Å²) in [6.45, 7) is 9.52. The number of halogens is 2. The van der Waals surface area contributed by atoms with E-state index in [1.807, 2.05) is 0 Å². The number of ether oxygens (including phenoxy) is 1. The van der Waals surface area contributed by atoms with Crippen LogP contribution in [0.2, 0.25) is 0 Å². The third-order valence-electron chi connectivity index (χ3n) is 6.71. The van der Waals surface area contributed by atoms with Crippen molar-refractivity contribution in [1.29, 1.82) is 0 Å². The summed E-state index contributed by atoms with van der Waals surface area (Å²) < 4.78 is 8.13. The first-order chi connectivity index (χ1) is 13.9. The Labute approximate surface area is 191 Å². The van der Waals surface area contributed by atoms with Crippen LogP contribution >= 0.6 is 24.8 Å². The van der Waals surface area contributed by atoms with E-state index in [0.717, 1.165) is 45.9 Å². The Hall–Kier alpha value is -1.30. The summed E-state index contributed by atoms with van der Waals surface area (Å²) in [5.41, 5.74) is 4.20. The molecule has 0 aliphatic carbocycles. The fourth-order valence-electron chi connectivity index (χ4n) is 5.37. The van der Waals surface area contributed by atoms with Gasteiger partial charge in [-0.15, -0.1) is 24.8 Å². The van der Waals surface area contributed by atoms with Gasteiger partial charge in [0.15, 0.2) is 0 Å². The van der Waals surface area contributed by atoms with Crippen LogP contribution in [0.1, 0.15) is 31.4 Å². The zero-order chi connectivity index (χ0) is 18.9. The van der Waals surface area contributed by atoms with E-state index in [1.54, 1.807) is 0 Å². The van der Waals surface area contributed by atoms with E-state index < -0.39 is 0 Å². The maximum atomic E-state index is 5.68. The van der Waals surface area contributed by atoms with Gasteiger partial charge in [-0.2, -0.15) is 0 Å². The molecule has 3 aromatic rings. The number of aromatic nitrogens is 1. The van der Waals surface area contributed by atoms with Crippen molar-refractivity contribution < 1.29 is 4.74 Å². The van der Waals surface area contributed by atoms with Gasteiger partial charge in [0.1, 0.15) is 0 Å². The Kier molecular flexibility index (Phi) is 8.05. The molecule has 0 saturated carbocycles. The summed E-state index contributed by atoms with van der Waals surface area (Å²) in [7, 11) is 0. The average molecular weight is 450 g/mol. The third-order valence-corrected chi connectivity index (χ3v) is 6.71. The molecule has 2 saturated heterocycles. The summed E-state index contributed by atoms with van der Waals surface area (Å²) in [5, 5.41) is 6.31. The average Bonchev–Trinajstić information content (AvgIpc) is 3.09. The molecule has 6 heteroatoms. The molecular weight excluding hydrogens is 417 g/mol. The number of hydrogen-bond donors (Lipinski definition) is 1. The van der Waals surface area contributed by atoms with Gasteiger partial charge in [-0.1, -0.05) is 24.3 Å². The second-order valence-electron chi connectivity index (χ2n) is 8.22. The van der Waals surface area contributed by atoms with Crippen LogP contribution in [-0.4, -0.2) is 48.9 Å². The van der Waals surface area contributed by atoms with Gasteiger partial charge < -0.3 is 14.6 Å². The zero-order valence-electron chi connectivity index (χ0n) is 17.7. The number of nitrogens with zero attached hydrogens (tertiary/aromatic N) is 2. The number of fused-ring (bicyclic) bond motifs is 3. The number of para-hydroxylation sites is 1. The molecule has 0 radical (unpaired) electrons. The van der Waals surface area contributed by atoms with Crippen molar-refractivity contribution in [2.45, 2.75) is 32.4 Å². The summed E-state index contributed by atoms with van der Waals surface area (Å²) in [5.74, 6) is 0.684. The lowest BCUT2D eigenvalue weighted by molar-refractivity contribution is 0.0213. The minimum Gasteiger partial charge on any atom is -0.381 e. The third kappa shape index (κ3) is 4.21. The molecule has 4 nitrogen and oxygen atoms in total. The van der Waals surface area contributed by atoms with E-state index in [4.69, 9.17) is 4.74 Å². The topological polar surface area (TPSA) is 29.4 Å². The molecule has 164 valence electrons. The lowest BCUT2D eigenvalue weighted by atomic mass is 9.85. The molecule has 30 heavy (non-hydrogen) atoms. The molecule has 1 atom stereocenters. The number of rotatable bonds is 4. The van der Waals surface area contributed by atoms with E-state index >= 15 is 0 Å². The van der Waals surface area contributed by atoms with E-state index in [2.05, 4.69) is 64.2 Å². The van der Waals surface area contributed by atoms with Gasteiger partial charge in [-0.25, -0.2) is 0 Å². The highest BCUT2D eigenvalue weighted by Crippen LogP contribution is 2.38. The van der Waals surface area contributed by atoms with Crippen LogP contribution in [0.5, 0.6) is 0 Å². The molecule has 2 aliphatic heterocycles. The van der Waals surface area contributed by atoms with Crippen LogP contribution in [0.15, 0.2) is 42.5 Å². The Bertz CT molecular complexity index is 944. The van der Waals surface area contributed by atoms with Gasteiger partial charge in [-0.05, 0) is 49.4 Å². The Balaban J connectivity index is 0.00000128. The quantitative estimate of drug-likeness (QED) is 0.605. The fourth-order valence-corrected chi connectivity index (χ4v) is 5.37. The van der Waals surface area contributed by atoms with Crippen LogP contribution in [0.4, 0.5) is 0 Å². The normalized spacial score (nSPS) is 19.4. The van der Waals surface area contributed by atoms with Crippen molar-refractivity contribution in [2.24, 2.45) is 5.92 Å². The fraction of sp³-hybridized carbons (Fsp3) is 0.500. The monoisotopic (exact) mass is 449 g/mol. The first-order valence-electron chi connectivity index (χ1n) is 10.9. The number of aryl methyl sites for hydroxylation is 1. The van der Waals surface area contributed by atoms with Gasteiger partial charge in [-0.3, -0.25) is 4.90 Å². The molecule has 2 aromatic carbocycles. The van der Waals surface area contributed by atoms with Crippen molar-refractivity contribution in [1.82, 2.24) is 14.8 Å². The van der Waals surface area contributed by atoms with Crippen molar-refractivity contribution in [3.63, 3.8) is 0 Å². The van der Waals surface area contributed by atoms with Crippen LogP contribution in [-0.2, 0) is 11.3 Å². The highest BCUT2D eigenvalue weighted by atomic mass is 35.5. The minimum absolute atomic E-state index is 0. The molecule has 0 unspecified atom stereocenters. The molecule has 2 fully saturated rings. The molecule has 5 rings (SSSR count). The number of hydrogen-bond acceptors (Lipinski definition) is 3. The Morgan fingerprint density at radius 1 is 0.967 bits per heavy atom. The smallest absolute Gasteiger partial charge is 0.0491 e. The zero-order valence-corrected chi connectivity index (χ0v) is 19.3. The van der Waals surface area contributed by atoms with Crippen molar-refractivity contribution in [3.05, 3.63) is 48.0 Å². The standard InChI is InChI=1S/C24H31N3O.2ClH/c1-2-27-22-6-4-3-5-20(22)21-17-19(7-8-23(21)27)24(18-9-15-28-16-10-18)26-13-11-25-12-14-26;;/h3-8,17-18,24-25H,2,9-16H2,1H3;2*1H/t24-;;/m0../s1. The van der Waals surface area contributed by atoms with Crippen LogP contribution in [0.3, 0.4) is 0 Å². The molecular formula is C24H33Cl2N3O. The first-order valence-corrected chi connectivity index (χ1v) is 10.9. The molecule has 0 amide bonds. The summed E-state index contributed by atoms with van der Waals surface area (Å²) in [6.07, 6.45) is 2.34. The van der Waals surface area contributed by atoms with Gasteiger partial charge >= 0.3 is 0 Å². The van der Waals surface area contributed by atoms with Gasteiger partial charge in [0.05, 0.1) is 0 Å². The molecule has 1 N–H and O–H groups in total. The predicted molar refractivity (Wildman–Crippen MR) is 130 cm³/mol. The van der Waals surface area contributed by atoms with Crippen LogP contribution < -0.4 is 5.32 Å². The van der Waals surface area contributed by atoms with Crippen molar-refractivity contribution in [3.8, 4) is 0 Å². The maximum absolute atomic E-state index is 5.68. The van der Waals surface area contributed by atoms with Gasteiger partial charge in [0.25, 0.3) is 0 Å². The van der Waals surface area contributed by atoms with E-state index in [0.29, 0.717) is 12.0 Å². The number of nitrogens with one attached hydrogen (secondary N) is 1. The number of benzene rings is 2. The van der Waals surface area contributed by atoms with Gasteiger partial charge in [0.2, 0.25) is 0 Å². The van der Waals surface area contributed by atoms with Crippen molar-refractivity contribution >= 4 is 46.6 Å². The largest absolute Gasteiger partial charge is 0.381 e. The first kappa shape index (κ1) is 23.4. The molecule has 2 aliphatic rings. The maximum Gasteiger partial charge on any atom is 0.0491 e. The number of piperazine rings is 1. The van der Waals surface area contributed by atoms with E-state index in [-0.39, 0.29) is 24.8 Å². The molecule has 0 bridgehead atoms. The highest BCUT2D eigenvalue weighted by molar-refractivity contribution is 6.08. The van der Waals surface area contributed by atoms with Crippen molar-refractivity contribution in [2.75, 3.05) is 39.4 Å². The molecule has 3 heterocycles. The summed E-state index contributed by atoms with van der Waals surface area (Å²) >= 11 is 0. The lowest BCUT2D eigenvalue weighted by Crippen LogP contribution is -2.47. The van der Waals surface area contributed by atoms with E-state index in [9.17, 15) is 0 Å². The Morgan fingerprint density at radius 3 is 2.40 bits per heavy atom. The lowest BCUT2D eigenvalue weighted by Gasteiger charge is -2.41.